The molecular formula is C21H28N5O2+. The highest BCUT2D eigenvalue weighted by Crippen LogP contribution is 2.29. The molecule has 1 aromatic heterocycles. The molecule has 4 fully saturated rings. The van der Waals surface area contributed by atoms with Gasteiger partial charge in [0.1, 0.15) is 17.5 Å². The predicted molar refractivity (Wildman–Crippen MR) is 104 cm³/mol. The van der Waals surface area contributed by atoms with E-state index in [1.54, 1.807) is 12.0 Å². The van der Waals surface area contributed by atoms with E-state index in [4.69, 9.17) is 4.74 Å². The van der Waals surface area contributed by atoms with E-state index in [1.807, 2.05) is 35.1 Å². The van der Waals surface area contributed by atoms with E-state index >= 15 is 0 Å². The van der Waals surface area contributed by atoms with Crippen molar-refractivity contribution in [1.82, 2.24) is 20.3 Å². The lowest BCUT2D eigenvalue weighted by molar-refractivity contribution is -0.945. The number of hydrogen-bond acceptors (Lipinski definition) is 4. The van der Waals surface area contributed by atoms with E-state index in [2.05, 4.69) is 15.6 Å². The number of carbonyl (C=O) groups excluding carboxylic acids is 1. The van der Waals surface area contributed by atoms with Gasteiger partial charge in [-0.1, -0.05) is 5.21 Å². The zero-order valence-electron chi connectivity index (χ0n) is 16.3. The second-order valence-electron chi connectivity index (χ2n) is 8.54. The smallest absolute Gasteiger partial charge is 0.229 e. The number of carbonyl (C=O) groups is 1. The first-order valence-electron chi connectivity index (χ1n) is 10.4. The maximum atomic E-state index is 12.5. The van der Waals surface area contributed by atoms with Crippen LogP contribution in [-0.4, -0.2) is 53.2 Å². The number of quaternary nitrogens is 1. The molecule has 2 aromatic rings. The number of benzene rings is 1. The molecule has 3 saturated heterocycles. The highest BCUT2D eigenvalue weighted by molar-refractivity contribution is 5.79. The van der Waals surface area contributed by atoms with Crippen molar-refractivity contribution in [3.63, 3.8) is 0 Å². The fourth-order valence-corrected chi connectivity index (χ4v) is 4.86. The van der Waals surface area contributed by atoms with Crippen LogP contribution < -0.4 is 15.0 Å². The fraction of sp³-hybridized carbons (Fsp3) is 0.571. The van der Waals surface area contributed by atoms with Crippen molar-refractivity contribution in [3.8, 4) is 17.0 Å². The molecule has 4 heterocycles. The van der Waals surface area contributed by atoms with E-state index < -0.39 is 0 Å². The molecular weight excluding hydrogens is 354 g/mol. The molecule has 7 heteroatoms. The number of amides is 1. The minimum Gasteiger partial charge on any atom is -0.497 e. The number of rotatable bonds is 6. The molecule has 6 rings (SSSR count). The molecule has 1 aliphatic carbocycles. The summed E-state index contributed by atoms with van der Waals surface area (Å²) < 4.78 is 7.19. The van der Waals surface area contributed by atoms with Crippen LogP contribution in [0.1, 0.15) is 25.7 Å². The summed E-state index contributed by atoms with van der Waals surface area (Å²) in [6.07, 6.45) is 6.62. The number of piperidine rings is 3. The van der Waals surface area contributed by atoms with Crippen molar-refractivity contribution in [1.29, 1.82) is 0 Å². The topological polar surface area (TPSA) is 73.5 Å². The second kappa shape index (κ2) is 7.20. The summed E-state index contributed by atoms with van der Waals surface area (Å²) in [5.41, 5.74) is 1.93. The molecule has 2 N–H and O–H groups in total. The summed E-state index contributed by atoms with van der Waals surface area (Å²) in [5.74, 6) is 1.86. The van der Waals surface area contributed by atoms with E-state index in [0.717, 1.165) is 49.4 Å². The van der Waals surface area contributed by atoms with Crippen LogP contribution in [0.3, 0.4) is 0 Å². The Morgan fingerprint density at radius 1 is 1.29 bits per heavy atom. The molecule has 1 amide bonds. The van der Waals surface area contributed by atoms with Crippen molar-refractivity contribution in [3.05, 3.63) is 30.5 Å². The van der Waals surface area contributed by atoms with Crippen molar-refractivity contribution in [2.45, 2.75) is 44.3 Å². The van der Waals surface area contributed by atoms with E-state index in [1.165, 1.54) is 13.0 Å². The van der Waals surface area contributed by atoms with Gasteiger partial charge in [-0.15, -0.1) is 5.10 Å². The zero-order valence-corrected chi connectivity index (χ0v) is 16.3. The van der Waals surface area contributed by atoms with Gasteiger partial charge >= 0.3 is 0 Å². The second-order valence-corrected chi connectivity index (χ2v) is 8.54. The van der Waals surface area contributed by atoms with Crippen LogP contribution in [0.15, 0.2) is 30.5 Å². The number of nitrogens with one attached hydrogen (secondary N) is 2. The molecule has 2 bridgehead atoms. The molecule has 148 valence electrons. The van der Waals surface area contributed by atoms with Crippen molar-refractivity contribution in [2.75, 3.05) is 20.2 Å². The predicted octanol–water partition coefficient (Wildman–Crippen LogP) is 0.526. The van der Waals surface area contributed by atoms with Gasteiger partial charge in [0.25, 0.3) is 0 Å². The van der Waals surface area contributed by atoms with Crippen LogP contribution >= 0.6 is 0 Å². The van der Waals surface area contributed by atoms with Crippen LogP contribution in [-0.2, 0) is 11.3 Å². The average molecular weight is 382 g/mol. The summed E-state index contributed by atoms with van der Waals surface area (Å²) in [5, 5.41) is 11.9. The number of methoxy groups -OCH3 is 1. The number of fused-ring (bicyclic) bond motifs is 3. The average Bonchev–Trinajstić information content (AvgIpc) is 3.43. The van der Waals surface area contributed by atoms with Crippen LogP contribution in [0.25, 0.3) is 11.3 Å². The van der Waals surface area contributed by atoms with Gasteiger partial charge in [-0.3, -0.25) is 4.79 Å². The molecule has 4 atom stereocenters. The normalized spacial score (nSPS) is 28.9. The Morgan fingerprint density at radius 2 is 2.11 bits per heavy atom. The Morgan fingerprint density at radius 3 is 2.79 bits per heavy atom. The first-order chi connectivity index (χ1) is 13.7. The third-order valence-electron chi connectivity index (χ3n) is 6.64. The first kappa shape index (κ1) is 17.7. The van der Waals surface area contributed by atoms with Gasteiger partial charge in [0.15, 0.2) is 0 Å². The van der Waals surface area contributed by atoms with Gasteiger partial charge in [0, 0.05) is 24.4 Å². The molecule has 1 saturated carbocycles. The minimum absolute atomic E-state index is 0.200. The van der Waals surface area contributed by atoms with Crippen molar-refractivity contribution < 1.29 is 14.4 Å². The number of ether oxygens (including phenoxy) is 1. The SMILES string of the molecule is COc1ccc(-c2cn(C[C@H]3C[C@@H]4CC[NH+]3C[C@@H]4C(=O)NC3CC3)nn2)cc1. The maximum absolute atomic E-state index is 12.5. The lowest BCUT2D eigenvalue weighted by Crippen LogP contribution is -3.20. The van der Waals surface area contributed by atoms with Crippen molar-refractivity contribution >= 4 is 5.91 Å². The van der Waals surface area contributed by atoms with E-state index in [-0.39, 0.29) is 5.92 Å². The molecule has 0 spiro atoms. The minimum atomic E-state index is 0.200. The summed E-state index contributed by atoms with van der Waals surface area (Å²) in [6, 6.07) is 8.88. The highest BCUT2D eigenvalue weighted by atomic mass is 16.5. The van der Waals surface area contributed by atoms with Crippen molar-refractivity contribution in [2.24, 2.45) is 11.8 Å². The van der Waals surface area contributed by atoms with Gasteiger partial charge in [-0.25, -0.2) is 4.68 Å². The Bertz CT molecular complexity index is 845. The standard InChI is InChI=1S/C21H27N5O2/c1-28-18-6-2-14(3-7-18)20-13-26(24-23-20)11-17-10-15-8-9-25(17)12-19(15)21(27)22-16-4-5-16/h2-3,6-7,13,15-17,19H,4-5,8-12H2,1H3,(H,22,27)/p+1/t15-,17+,19-/m0/s1. The van der Waals surface area contributed by atoms with Crippen LogP contribution in [0.4, 0.5) is 0 Å². The number of hydrogen-bond donors (Lipinski definition) is 2. The Labute approximate surface area is 165 Å². The summed E-state index contributed by atoms with van der Waals surface area (Å²) in [7, 11) is 1.67. The molecule has 1 unspecified atom stereocenters. The van der Waals surface area contributed by atoms with Gasteiger partial charge in [0.05, 0.1) is 38.9 Å². The Hall–Kier alpha value is -2.41. The molecule has 4 aliphatic rings. The molecule has 7 nitrogen and oxygen atoms in total. The number of aromatic nitrogens is 3. The lowest BCUT2D eigenvalue weighted by atomic mass is 9.75. The first-order valence-corrected chi connectivity index (χ1v) is 10.4. The van der Waals surface area contributed by atoms with E-state index in [0.29, 0.717) is 23.9 Å². The molecule has 28 heavy (non-hydrogen) atoms. The lowest BCUT2D eigenvalue weighted by Gasteiger charge is -2.46. The molecule has 0 radical (unpaired) electrons. The summed E-state index contributed by atoms with van der Waals surface area (Å²) in [6.45, 7) is 3.00. The third-order valence-corrected chi connectivity index (χ3v) is 6.64. The number of nitrogens with zero attached hydrogens (tertiary/aromatic N) is 3. The van der Waals surface area contributed by atoms with Crippen LogP contribution in [0, 0.1) is 11.8 Å². The van der Waals surface area contributed by atoms with Crippen LogP contribution in [0.2, 0.25) is 0 Å². The summed E-state index contributed by atoms with van der Waals surface area (Å²) >= 11 is 0. The quantitative estimate of drug-likeness (QED) is 0.764. The summed E-state index contributed by atoms with van der Waals surface area (Å²) in [4.78, 5) is 14.1. The van der Waals surface area contributed by atoms with Gasteiger partial charge in [-0.2, -0.15) is 0 Å². The fourth-order valence-electron chi connectivity index (χ4n) is 4.86. The largest absolute Gasteiger partial charge is 0.497 e. The maximum Gasteiger partial charge on any atom is 0.229 e. The van der Waals surface area contributed by atoms with Gasteiger partial charge in [0.2, 0.25) is 5.91 Å². The third kappa shape index (κ3) is 3.51. The molecule has 3 aliphatic heterocycles. The highest BCUT2D eigenvalue weighted by Gasteiger charge is 2.47. The van der Waals surface area contributed by atoms with Gasteiger partial charge in [-0.05, 0) is 43.0 Å². The zero-order chi connectivity index (χ0) is 19.1. The monoisotopic (exact) mass is 382 g/mol. The Balaban J connectivity index is 1.22. The van der Waals surface area contributed by atoms with Gasteiger partial charge < -0.3 is 15.0 Å². The van der Waals surface area contributed by atoms with E-state index in [9.17, 15) is 4.79 Å². The Kier molecular flexibility index (Phi) is 4.55. The van der Waals surface area contributed by atoms with Crippen LogP contribution in [0.5, 0.6) is 5.75 Å². The molecule has 1 aromatic carbocycles.